The summed E-state index contributed by atoms with van der Waals surface area (Å²) in [4.78, 5) is 12.0. The van der Waals surface area contributed by atoms with Crippen molar-refractivity contribution in [3.8, 4) is 0 Å². The summed E-state index contributed by atoms with van der Waals surface area (Å²) in [5.74, 6) is -0.623. The first-order chi connectivity index (χ1) is 10.9. The van der Waals surface area contributed by atoms with Crippen molar-refractivity contribution in [2.24, 2.45) is 0 Å². The van der Waals surface area contributed by atoms with Gasteiger partial charge in [0.1, 0.15) is 31.0 Å². The molecule has 0 radical (unpaired) electrons. The van der Waals surface area contributed by atoms with Gasteiger partial charge in [-0.2, -0.15) is 0 Å². The molecule has 4 N–H and O–H groups in total. The van der Waals surface area contributed by atoms with Gasteiger partial charge in [0.25, 0.3) is 0 Å². The van der Waals surface area contributed by atoms with Gasteiger partial charge in [-0.15, -0.1) is 0 Å². The highest BCUT2D eigenvalue weighted by atomic mass is 16.6. The van der Waals surface area contributed by atoms with E-state index < -0.39 is 36.7 Å². The van der Waals surface area contributed by atoms with Crippen LogP contribution in [0.25, 0.3) is 6.08 Å². The lowest BCUT2D eigenvalue weighted by molar-refractivity contribution is -0.286. The lowest BCUT2D eigenvalue weighted by Gasteiger charge is -2.37. The van der Waals surface area contributed by atoms with Crippen LogP contribution in [0.4, 0.5) is 0 Å². The standard InChI is InChI=1S/C16H20O7/c1-2-4-9-5-3-6-10(7-9)15(20)22-8-11-12(17)13(18)14(19)16(21)23-11/h2-7,11-14,16-19,21H,8H2,1H3/b4-2+/t11-,12-,13+,14-,16-/m1/s1. The van der Waals surface area contributed by atoms with Crippen molar-refractivity contribution >= 4 is 12.0 Å². The Balaban J connectivity index is 1.97. The Bertz CT molecular complexity index is 571. The summed E-state index contributed by atoms with van der Waals surface area (Å²) in [5.41, 5.74) is 1.16. The van der Waals surface area contributed by atoms with Crippen molar-refractivity contribution < 1.29 is 34.7 Å². The van der Waals surface area contributed by atoms with Crippen LogP contribution < -0.4 is 0 Å². The van der Waals surface area contributed by atoms with Crippen LogP contribution in [-0.4, -0.2) is 63.7 Å². The van der Waals surface area contributed by atoms with Gasteiger partial charge >= 0.3 is 5.97 Å². The number of carbonyl (C=O) groups is 1. The average Bonchev–Trinajstić information content (AvgIpc) is 2.55. The third kappa shape index (κ3) is 4.15. The molecule has 7 heteroatoms. The van der Waals surface area contributed by atoms with Gasteiger partial charge in [0.05, 0.1) is 5.56 Å². The van der Waals surface area contributed by atoms with E-state index in [2.05, 4.69) is 0 Å². The summed E-state index contributed by atoms with van der Waals surface area (Å²) in [6.07, 6.45) is -3.80. The minimum Gasteiger partial charge on any atom is -0.459 e. The molecule has 0 aliphatic carbocycles. The first-order valence-electron chi connectivity index (χ1n) is 7.21. The maximum atomic E-state index is 12.0. The Kier molecular flexibility index (Phi) is 5.86. The molecule has 7 nitrogen and oxygen atoms in total. The molecule has 1 aromatic rings. The molecule has 1 aliphatic rings. The minimum absolute atomic E-state index is 0.326. The van der Waals surface area contributed by atoms with Gasteiger partial charge in [-0.1, -0.05) is 24.3 Å². The van der Waals surface area contributed by atoms with Crippen LogP contribution in [0.15, 0.2) is 30.3 Å². The Morgan fingerprint density at radius 1 is 1.22 bits per heavy atom. The van der Waals surface area contributed by atoms with Crippen molar-refractivity contribution in [3.63, 3.8) is 0 Å². The van der Waals surface area contributed by atoms with Gasteiger partial charge in [-0.3, -0.25) is 0 Å². The Morgan fingerprint density at radius 2 is 1.96 bits per heavy atom. The summed E-state index contributed by atoms with van der Waals surface area (Å²) in [6, 6.07) is 6.77. The zero-order valence-electron chi connectivity index (χ0n) is 12.6. The van der Waals surface area contributed by atoms with Crippen molar-refractivity contribution in [2.75, 3.05) is 6.61 Å². The summed E-state index contributed by atoms with van der Waals surface area (Å²) in [7, 11) is 0. The number of rotatable bonds is 4. The van der Waals surface area contributed by atoms with Gasteiger partial charge in [0, 0.05) is 0 Å². The van der Waals surface area contributed by atoms with Crippen LogP contribution >= 0.6 is 0 Å². The second-order valence-corrected chi connectivity index (χ2v) is 5.26. The van der Waals surface area contributed by atoms with Gasteiger partial charge in [0.2, 0.25) is 0 Å². The fourth-order valence-electron chi connectivity index (χ4n) is 2.27. The molecule has 0 aromatic heterocycles. The van der Waals surface area contributed by atoms with Gasteiger partial charge in [0.15, 0.2) is 6.29 Å². The molecule has 0 spiro atoms. The fraction of sp³-hybridized carbons (Fsp3) is 0.438. The predicted molar refractivity (Wildman–Crippen MR) is 80.3 cm³/mol. The van der Waals surface area contributed by atoms with E-state index in [1.54, 1.807) is 18.2 Å². The summed E-state index contributed by atoms with van der Waals surface area (Å²) < 4.78 is 9.99. The van der Waals surface area contributed by atoms with E-state index in [1.807, 2.05) is 25.1 Å². The molecule has 0 amide bonds. The Hall–Kier alpha value is -1.77. The van der Waals surface area contributed by atoms with Crippen LogP contribution in [0.2, 0.25) is 0 Å². The van der Waals surface area contributed by atoms with E-state index in [0.29, 0.717) is 5.56 Å². The summed E-state index contributed by atoms with van der Waals surface area (Å²) >= 11 is 0. The van der Waals surface area contributed by atoms with Crippen LogP contribution in [0.5, 0.6) is 0 Å². The molecule has 126 valence electrons. The third-order valence-electron chi connectivity index (χ3n) is 3.55. The molecule has 1 fully saturated rings. The SMILES string of the molecule is C/C=C/c1cccc(C(=O)OC[C@H]2O[C@@H](O)[C@H](O)[C@@H](O)[C@@H]2O)c1. The number of aliphatic hydroxyl groups is 4. The molecular formula is C16H20O7. The van der Waals surface area contributed by atoms with Crippen LogP contribution in [0.1, 0.15) is 22.8 Å². The number of benzene rings is 1. The average molecular weight is 324 g/mol. The molecule has 23 heavy (non-hydrogen) atoms. The maximum Gasteiger partial charge on any atom is 0.338 e. The van der Waals surface area contributed by atoms with E-state index >= 15 is 0 Å². The molecule has 0 saturated carbocycles. The second kappa shape index (κ2) is 7.67. The van der Waals surface area contributed by atoms with Crippen molar-refractivity contribution in [2.45, 2.75) is 37.6 Å². The number of hydrogen-bond donors (Lipinski definition) is 4. The van der Waals surface area contributed by atoms with E-state index in [4.69, 9.17) is 9.47 Å². The lowest BCUT2D eigenvalue weighted by Crippen LogP contribution is -2.58. The zero-order valence-corrected chi connectivity index (χ0v) is 12.6. The van der Waals surface area contributed by atoms with Gasteiger partial charge in [-0.25, -0.2) is 4.79 Å². The first kappa shape index (κ1) is 17.6. The first-order valence-corrected chi connectivity index (χ1v) is 7.21. The molecule has 0 unspecified atom stereocenters. The maximum absolute atomic E-state index is 12.0. The number of esters is 1. The molecule has 1 aliphatic heterocycles. The third-order valence-corrected chi connectivity index (χ3v) is 3.55. The van der Waals surface area contributed by atoms with Crippen molar-refractivity contribution in [1.29, 1.82) is 0 Å². The van der Waals surface area contributed by atoms with Crippen molar-refractivity contribution in [1.82, 2.24) is 0 Å². The van der Waals surface area contributed by atoms with Gasteiger partial charge in [-0.05, 0) is 24.6 Å². The number of allylic oxidation sites excluding steroid dienone is 1. The molecule has 5 atom stereocenters. The largest absolute Gasteiger partial charge is 0.459 e. The van der Waals surface area contributed by atoms with E-state index in [1.165, 1.54) is 0 Å². The summed E-state index contributed by atoms with van der Waals surface area (Å²) in [6.45, 7) is 1.49. The normalized spacial score (nSPS) is 31.3. The van der Waals surface area contributed by atoms with Crippen LogP contribution in [0.3, 0.4) is 0 Å². The van der Waals surface area contributed by atoms with Crippen LogP contribution in [-0.2, 0) is 9.47 Å². The molecule has 1 aromatic carbocycles. The van der Waals surface area contributed by atoms with Crippen LogP contribution in [0, 0.1) is 0 Å². The number of hydrogen-bond acceptors (Lipinski definition) is 7. The summed E-state index contributed by atoms with van der Waals surface area (Å²) in [5, 5.41) is 38.1. The van der Waals surface area contributed by atoms with Gasteiger partial charge < -0.3 is 29.9 Å². The quantitative estimate of drug-likeness (QED) is 0.561. The molecular weight excluding hydrogens is 304 g/mol. The number of ether oxygens (including phenoxy) is 2. The molecule has 2 rings (SSSR count). The lowest BCUT2D eigenvalue weighted by atomic mass is 9.99. The predicted octanol–water partition coefficient (Wildman–Crippen LogP) is -0.324. The molecule has 1 saturated heterocycles. The minimum atomic E-state index is -1.66. The van der Waals surface area contributed by atoms with E-state index in [9.17, 15) is 25.2 Å². The second-order valence-electron chi connectivity index (χ2n) is 5.26. The van der Waals surface area contributed by atoms with E-state index in [0.717, 1.165) is 5.56 Å². The zero-order chi connectivity index (χ0) is 17.0. The number of carbonyl (C=O) groups excluding carboxylic acids is 1. The monoisotopic (exact) mass is 324 g/mol. The molecule has 0 bridgehead atoms. The Labute approximate surface area is 133 Å². The number of aliphatic hydroxyl groups excluding tert-OH is 4. The highest BCUT2D eigenvalue weighted by molar-refractivity contribution is 5.90. The topological polar surface area (TPSA) is 116 Å². The van der Waals surface area contributed by atoms with Crippen molar-refractivity contribution in [3.05, 3.63) is 41.5 Å². The Morgan fingerprint density at radius 3 is 2.65 bits per heavy atom. The highest BCUT2D eigenvalue weighted by Gasteiger charge is 2.43. The van der Waals surface area contributed by atoms with E-state index in [-0.39, 0.29) is 6.61 Å². The molecule has 1 heterocycles. The fourth-order valence-corrected chi connectivity index (χ4v) is 2.27. The smallest absolute Gasteiger partial charge is 0.338 e. The highest BCUT2D eigenvalue weighted by Crippen LogP contribution is 2.20.